The number of aliphatic imine (C=N–C) groups is 1. The maximum absolute atomic E-state index is 6.12. The molecule has 1 aliphatic heterocycles. The van der Waals surface area contributed by atoms with Gasteiger partial charge in [-0.15, -0.1) is 35.3 Å². The summed E-state index contributed by atoms with van der Waals surface area (Å²) in [5.74, 6) is 1.31. The zero-order valence-corrected chi connectivity index (χ0v) is 15.4. The molecule has 2 rings (SSSR count). The van der Waals surface area contributed by atoms with Gasteiger partial charge in [0.1, 0.15) is 0 Å². The fraction of sp³-hybridized carbons (Fsp3) is 0.667. The average molecular weight is 407 g/mol. The minimum Gasteiger partial charge on any atom is -0.370 e. The predicted molar refractivity (Wildman–Crippen MR) is 99.1 cm³/mol. The van der Waals surface area contributed by atoms with Gasteiger partial charge in [-0.1, -0.05) is 25.8 Å². The van der Waals surface area contributed by atoms with Crippen molar-refractivity contribution >= 4 is 41.3 Å². The number of hydrogen-bond acceptors (Lipinski definition) is 2. The van der Waals surface area contributed by atoms with Crippen molar-refractivity contribution in [3.8, 4) is 0 Å². The van der Waals surface area contributed by atoms with Crippen LogP contribution in [-0.4, -0.2) is 30.5 Å². The van der Waals surface area contributed by atoms with E-state index >= 15 is 0 Å². The SMILES string of the molecule is CC(CN=C(N)N1CCCCCC1)Cc1cccs1.I. The fourth-order valence-electron chi connectivity index (χ4n) is 2.49. The number of guanidine groups is 1. The second-order valence-electron chi connectivity index (χ2n) is 5.49. The molecule has 1 fully saturated rings. The summed E-state index contributed by atoms with van der Waals surface area (Å²) in [5, 5.41) is 2.14. The number of nitrogens with zero attached hydrogens (tertiary/aromatic N) is 2. The largest absolute Gasteiger partial charge is 0.370 e. The highest BCUT2D eigenvalue weighted by molar-refractivity contribution is 14.0. The van der Waals surface area contributed by atoms with E-state index in [1.54, 1.807) is 0 Å². The molecule has 5 heteroatoms. The topological polar surface area (TPSA) is 41.6 Å². The number of nitrogens with two attached hydrogens (primary N) is 1. The lowest BCUT2D eigenvalue weighted by molar-refractivity contribution is 0.426. The summed E-state index contributed by atoms with van der Waals surface area (Å²) in [4.78, 5) is 8.29. The molecule has 2 heterocycles. The minimum absolute atomic E-state index is 0. The van der Waals surface area contributed by atoms with Crippen LogP contribution in [0.25, 0.3) is 0 Å². The zero-order valence-electron chi connectivity index (χ0n) is 12.3. The highest BCUT2D eigenvalue weighted by Gasteiger charge is 2.11. The van der Waals surface area contributed by atoms with Crippen LogP contribution in [0.4, 0.5) is 0 Å². The Balaban J connectivity index is 0.00000200. The smallest absolute Gasteiger partial charge is 0.191 e. The molecule has 0 amide bonds. The number of hydrogen-bond donors (Lipinski definition) is 1. The van der Waals surface area contributed by atoms with Crippen molar-refractivity contribution in [2.45, 2.75) is 39.0 Å². The first-order valence-corrected chi connectivity index (χ1v) is 8.21. The Morgan fingerprint density at radius 3 is 2.65 bits per heavy atom. The summed E-state index contributed by atoms with van der Waals surface area (Å²) >= 11 is 1.83. The standard InChI is InChI=1S/C15H25N3S.HI/c1-13(11-14-7-6-10-19-14)12-17-15(16)18-8-4-2-3-5-9-18;/h6-7,10,13H,2-5,8-9,11-12H2,1H3,(H2,16,17);1H. The summed E-state index contributed by atoms with van der Waals surface area (Å²) in [6, 6.07) is 4.31. The van der Waals surface area contributed by atoms with Crippen molar-refractivity contribution in [3.05, 3.63) is 22.4 Å². The molecule has 114 valence electrons. The maximum atomic E-state index is 6.12. The van der Waals surface area contributed by atoms with E-state index in [9.17, 15) is 0 Å². The molecule has 3 nitrogen and oxygen atoms in total. The molecule has 0 bridgehead atoms. The van der Waals surface area contributed by atoms with E-state index in [2.05, 4.69) is 34.3 Å². The van der Waals surface area contributed by atoms with Crippen LogP contribution in [-0.2, 0) is 6.42 Å². The molecule has 0 saturated carbocycles. The highest BCUT2D eigenvalue weighted by atomic mass is 127. The molecule has 1 aromatic rings. The first kappa shape index (κ1) is 17.8. The third-order valence-electron chi connectivity index (χ3n) is 3.62. The van der Waals surface area contributed by atoms with Gasteiger partial charge >= 0.3 is 0 Å². The van der Waals surface area contributed by atoms with Crippen molar-refractivity contribution < 1.29 is 0 Å². The van der Waals surface area contributed by atoms with Gasteiger partial charge in [-0.25, -0.2) is 0 Å². The molecule has 1 unspecified atom stereocenters. The van der Waals surface area contributed by atoms with Crippen LogP contribution < -0.4 is 5.73 Å². The third kappa shape index (κ3) is 5.99. The number of halogens is 1. The lowest BCUT2D eigenvalue weighted by Crippen LogP contribution is -2.38. The predicted octanol–water partition coefficient (Wildman–Crippen LogP) is 3.74. The van der Waals surface area contributed by atoms with Crippen LogP contribution in [0.2, 0.25) is 0 Å². The summed E-state index contributed by atoms with van der Waals surface area (Å²) in [7, 11) is 0. The van der Waals surface area contributed by atoms with E-state index in [0.29, 0.717) is 5.92 Å². The van der Waals surface area contributed by atoms with Crippen molar-refractivity contribution in [1.82, 2.24) is 4.90 Å². The van der Waals surface area contributed by atoms with Crippen LogP contribution in [0.1, 0.15) is 37.5 Å². The Kier molecular flexibility index (Phi) is 8.52. The van der Waals surface area contributed by atoms with Crippen LogP contribution >= 0.6 is 35.3 Å². The quantitative estimate of drug-likeness (QED) is 0.470. The second kappa shape index (κ2) is 9.60. The normalized spacial score (nSPS) is 18.2. The van der Waals surface area contributed by atoms with E-state index in [1.165, 1.54) is 30.6 Å². The van der Waals surface area contributed by atoms with Gasteiger partial charge in [-0.2, -0.15) is 0 Å². The molecule has 0 spiro atoms. The molecule has 1 saturated heterocycles. The van der Waals surface area contributed by atoms with Crippen molar-refractivity contribution in [1.29, 1.82) is 0 Å². The molecule has 1 aliphatic rings. The van der Waals surface area contributed by atoms with E-state index in [0.717, 1.165) is 32.0 Å². The third-order valence-corrected chi connectivity index (χ3v) is 4.52. The van der Waals surface area contributed by atoms with E-state index in [1.807, 2.05) is 11.3 Å². The number of thiophene rings is 1. The zero-order chi connectivity index (χ0) is 13.5. The van der Waals surface area contributed by atoms with Crippen LogP contribution in [0.15, 0.2) is 22.5 Å². The first-order chi connectivity index (χ1) is 9.25. The molecule has 0 aromatic carbocycles. The van der Waals surface area contributed by atoms with Crippen LogP contribution in [0.3, 0.4) is 0 Å². The Morgan fingerprint density at radius 1 is 1.35 bits per heavy atom. The Bertz CT molecular complexity index is 384. The van der Waals surface area contributed by atoms with Gasteiger partial charge in [-0.3, -0.25) is 4.99 Å². The molecule has 1 aromatic heterocycles. The summed E-state index contributed by atoms with van der Waals surface area (Å²) in [6.07, 6.45) is 6.27. The molecule has 2 N–H and O–H groups in total. The Morgan fingerprint density at radius 2 is 2.05 bits per heavy atom. The molecular formula is C15H26IN3S. The minimum atomic E-state index is 0. The monoisotopic (exact) mass is 407 g/mol. The van der Waals surface area contributed by atoms with E-state index in [-0.39, 0.29) is 24.0 Å². The van der Waals surface area contributed by atoms with Gasteiger partial charge in [0.25, 0.3) is 0 Å². The molecule has 0 radical (unpaired) electrons. The van der Waals surface area contributed by atoms with Gasteiger partial charge in [0.2, 0.25) is 0 Å². The summed E-state index contributed by atoms with van der Waals surface area (Å²) in [5.41, 5.74) is 6.12. The van der Waals surface area contributed by atoms with Gasteiger partial charge in [0, 0.05) is 24.5 Å². The fourth-order valence-corrected chi connectivity index (χ4v) is 3.36. The molecule has 1 atom stereocenters. The number of likely N-dealkylation sites (tertiary alicyclic amines) is 1. The lowest BCUT2D eigenvalue weighted by Gasteiger charge is -2.21. The Labute approximate surface area is 143 Å². The second-order valence-corrected chi connectivity index (χ2v) is 6.52. The van der Waals surface area contributed by atoms with Crippen molar-refractivity contribution in [3.63, 3.8) is 0 Å². The van der Waals surface area contributed by atoms with Crippen molar-refractivity contribution in [2.75, 3.05) is 19.6 Å². The average Bonchev–Trinajstić information content (AvgIpc) is 2.76. The van der Waals surface area contributed by atoms with Gasteiger partial charge in [-0.05, 0) is 36.6 Å². The Hall–Kier alpha value is -0.300. The first-order valence-electron chi connectivity index (χ1n) is 7.33. The summed E-state index contributed by atoms with van der Waals surface area (Å²) < 4.78 is 0. The van der Waals surface area contributed by atoms with Crippen LogP contribution in [0.5, 0.6) is 0 Å². The highest BCUT2D eigenvalue weighted by Crippen LogP contribution is 2.15. The van der Waals surface area contributed by atoms with Crippen molar-refractivity contribution in [2.24, 2.45) is 16.6 Å². The lowest BCUT2D eigenvalue weighted by atomic mass is 10.1. The van der Waals surface area contributed by atoms with Gasteiger partial charge < -0.3 is 10.6 Å². The molecule has 0 aliphatic carbocycles. The maximum Gasteiger partial charge on any atom is 0.191 e. The van der Waals surface area contributed by atoms with Gasteiger partial charge in [0.05, 0.1) is 0 Å². The van der Waals surface area contributed by atoms with E-state index in [4.69, 9.17) is 5.73 Å². The molecular weight excluding hydrogens is 381 g/mol. The van der Waals surface area contributed by atoms with Gasteiger partial charge in [0.15, 0.2) is 5.96 Å². The number of rotatable bonds is 4. The van der Waals surface area contributed by atoms with Crippen LogP contribution in [0, 0.1) is 5.92 Å². The van der Waals surface area contributed by atoms with E-state index < -0.39 is 0 Å². The summed E-state index contributed by atoms with van der Waals surface area (Å²) in [6.45, 7) is 5.24. The molecule has 20 heavy (non-hydrogen) atoms.